The van der Waals surface area contributed by atoms with Crippen LogP contribution in [0.1, 0.15) is 47.9 Å². The lowest BCUT2D eigenvalue weighted by Gasteiger charge is -2.32. The minimum Gasteiger partial charge on any atom is -0.342 e. The van der Waals surface area contributed by atoms with E-state index >= 15 is 0 Å². The molecule has 0 bridgehead atoms. The van der Waals surface area contributed by atoms with Crippen LogP contribution in [-0.2, 0) is 34.8 Å². The molecule has 0 unspecified atom stereocenters. The number of ether oxygens (including phenoxy) is 2. The van der Waals surface area contributed by atoms with Crippen LogP contribution in [0.5, 0.6) is 0 Å². The third kappa shape index (κ3) is 6.77. The van der Waals surface area contributed by atoms with Gasteiger partial charge < -0.3 is 9.47 Å². The van der Waals surface area contributed by atoms with Crippen molar-refractivity contribution in [2.24, 2.45) is 0 Å². The van der Waals surface area contributed by atoms with E-state index in [2.05, 4.69) is 45.8 Å². The van der Waals surface area contributed by atoms with E-state index in [0.717, 1.165) is 58.3 Å². The molecule has 0 aliphatic heterocycles. The molecule has 2 aromatic carbocycles. The Balaban J connectivity index is 1.83. The van der Waals surface area contributed by atoms with Crippen molar-refractivity contribution in [2.75, 3.05) is 24.7 Å². The molecule has 10 heteroatoms. The monoisotopic (exact) mass is 498 g/mol. The fourth-order valence-electron chi connectivity index (χ4n) is 3.97. The quantitative estimate of drug-likeness (QED) is 0.0924. The van der Waals surface area contributed by atoms with E-state index in [1.807, 2.05) is 13.8 Å². The highest BCUT2D eigenvalue weighted by atomic mass is 32.2. The van der Waals surface area contributed by atoms with E-state index in [1.54, 1.807) is 0 Å². The largest absolute Gasteiger partial charge is 0.342 e. The highest BCUT2D eigenvalue weighted by Gasteiger charge is 2.45. The van der Waals surface area contributed by atoms with Gasteiger partial charge in [0.1, 0.15) is 0 Å². The lowest BCUT2D eigenvalue weighted by atomic mass is 10.0. The first-order valence-corrected chi connectivity index (χ1v) is 13.3. The van der Waals surface area contributed by atoms with Gasteiger partial charge in [0.25, 0.3) is 10.1 Å². The van der Waals surface area contributed by atoms with Crippen LogP contribution in [0.25, 0.3) is 11.1 Å². The Morgan fingerprint density at radius 3 is 1.94 bits per heavy atom. The van der Waals surface area contributed by atoms with Crippen LogP contribution < -0.4 is 0 Å². The maximum atomic E-state index is 11.0. The number of aryl methyl sites for hydroxylation is 2. The second-order valence-electron chi connectivity index (χ2n) is 8.08. The topological polar surface area (TPSA) is 112 Å². The summed E-state index contributed by atoms with van der Waals surface area (Å²) < 4.78 is 48.4. The Kier molecular flexibility index (Phi) is 9.31. The van der Waals surface area contributed by atoms with Crippen LogP contribution in [0.3, 0.4) is 0 Å². The van der Waals surface area contributed by atoms with Crippen LogP contribution in [0.2, 0.25) is 0 Å². The second kappa shape index (κ2) is 11.8. The summed E-state index contributed by atoms with van der Waals surface area (Å²) in [6.07, 6.45) is 2.26. The average Bonchev–Trinajstić information content (AvgIpc) is 3.01. The second-order valence-corrected chi connectivity index (χ2v) is 10.4. The van der Waals surface area contributed by atoms with Crippen molar-refractivity contribution in [1.29, 1.82) is 0 Å². The Bertz CT molecular complexity index is 987. The summed E-state index contributed by atoms with van der Waals surface area (Å²) >= 11 is 1.01. The fraction of sp³-hybridized carbons (Fsp3) is 0.478. The Hall–Kier alpha value is -1.50. The fourth-order valence-corrected chi connectivity index (χ4v) is 4.97. The summed E-state index contributed by atoms with van der Waals surface area (Å²) in [5.74, 6) is -0.773. The van der Waals surface area contributed by atoms with Crippen LogP contribution in [0, 0.1) is 13.8 Å². The molecule has 0 spiro atoms. The van der Waals surface area contributed by atoms with Gasteiger partial charge in [0.05, 0.1) is 19.0 Å². The van der Waals surface area contributed by atoms with Crippen molar-refractivity contribution in [3.8, 4) is 11.1 Å². The summed E-state index contributed by atoms with van der Waals surface area (Å²) in [7, 11) is -4.00. The van der Waals surface area contributed by atoms with Gasteiger partial charge in [-0.25, -0.2) is 5.26 Å². The molecule has 0 saturated carbocycles. The average molecular weight is 499 g/mol. The molecule has 0 atom stereocenters. The van der Waals surface area contributed by atoms with Gasteiger partial charge in [0, 0.05) is 28.9 Å². The molecule has 182 valence electrons. The van der Waals surface area contributed by atoms with Crippen molar-refractivity contribution in [2.45, 2.75) is 45.3 Å². The van der Waals surface area contributed by atoms with Gasteiger partial charge in [-0.1, -0.05) is 40.4 Å². The zero-order chi connectivity index (χ0) is 23.9. The summed E-state index contributed by atoms with van der Waals surface area (Å²) in [5.41, 5.74) is 6.14. The first-order chi connectivity index (χ1) is 15.8. The van der Waals surface area contributed by atoms with Gasteiger partial charge in [-0.3, -0.25) is 4.55 Å². The maximum Gasteiger partial charge on any atom is 0.264 e. The van der Waals surface area contributed by atoms with E-state index in [1.165, 1.54) is 0 Å². The number of hydrogen-bond acceptors (Lipinski definition) is 8. The van der Waals surface area contributed by atoms with Crippen LogP contribution in [0.4, 0.5) is 0 Å². The van der Waals surface area contributed by atoms with Gasteiger partial charge in [-0.05, 0) is 62.8 Å². The van der Waals surface area contributed by atoms with Crippen LogP contribution in [-0.4, -0.2) is 42.9 Å². The molecular weight excluding hydrogens is 468 g/mol. The molecule has 0 aromatic heterocycles. The molecule has 0 amide bonds. The number of unbranched alkanes of at least 4 members (excludes halogenated alkanes) is 2. The minimum absolute atomic E-state index is 0.272. The van der Waals surface area contributed by atoms with E-state index in [9.17, 15) is 8.42 Å². The summed E-state index contributed by atoms with van der Waals surface area (Å²) in [6, 6.07) is 12.4. The van der Waals surface area contributed by atoms with Gasteiger partial charge in [-0.2, -0.15) is 8.42 Å². The van der Waals surface area contributed by atoms with Crippen molar-refractivity contribution in [3.63, 3.8) is 0 Å². The van der Waals surface area contributed by atoms with E-state index < -0.39 is 15.9 Å². The number of benzene rings is 2. The molecule has 0 heterocycles. The first-order valence-electron chi connectivity index (χ1n) is 10.8. The summed E-state index contributed by atoms with van der Waals surface area (Å²) in [6.45, 7) is 4.73. The number of hydrogen-bond donors (Lipinski definition) is 2. The Morgan fingerprint density at radius 2 is 1.42 bits per heavy atom. The van der Waals surface area contributed by atoms with Crippen LogP contribution >= 0.6 is 12.0 Å². The van der Waals surface area contributed by atoms with Crippen molar-refractivity contribution < 1.29 is 37.1 Å². The molecule has 0 saturated heterocycles. The third-order valence-electron chi connectivity index (χ3n) is 5.46. The standard InChI is InChI=1S/C23H30O8S2/c1-17-7-9-19-20-10-8-18(2)16-22(20)23(21(19)15-17,28-11-3-5-13-32-31-30-24)29-12-4-6-14-33(25,26)27/h7-10,15-16,24H,3-6,11-14H2,1-2H3,(H,25,26,27). The van der Waals surface area contributed by atoms with Crippen molar-refractivity contribution in [1.82, 2.24) is 0 Å². The highest BCUT2D eigenvalue weighted by Crippen LogP contribution is 2.51. The predicted molar refractivity (Wildman–Crippen MR) is 126 cm³/mol. The molecule has 2 aromatic rings. The van der Waals surface area contributed by atoms with Crippen molar-refractivity contribution >= 4 is 22.2 Å². The molecule has 8 nitrogen and oxygen atoms in total. The van der Waals surface area contributed by atoms with Gasteiger partial charge in [0.15, 0.2) is 0 Å². The normalized spacial score (nSPS) is 14.3. The minimum atomic E-state index is -4.00. The van der Waals surface area contributed by atoms with Crippen molar-refractivity contribution in [3.05, 3.63) is 58.7 Å². The SMILES string of the molecule is Cc1ccc2c(c1)C(OCCCCSOOO)(OCCCCS(=O)(=O)O)c1cc(C)ccc1-2. The molecule has 1 aliphatic carbocycles. The first kappa shape index (κ1) is 26.1. The van der Waals surface area contributed by atoms with Gasteiger partial charge in [-0.15, -0.1) is 4.33 Å². The number of rotatable bonds is 14. The molecular formula is C23H30O8S2. The lowest BCUT2D eigenvalue weighted by Crippen LogP contribution is -2.34. The van der Waals surface area contributed by atoms with E-state index in [4.69, 9.17) is 19.3 Å². The molecule has 0 radical (unpaired) electrons. The molecule has 0 fully saturated rings. The summed E-state index contributed by atoms with van der Waals surface area (Å²) in [4.78, 5) is 0. The smallest absolute Gasteiger partial charge is 0.264 e. The molecule has 2 N–H and O–H groups in total. The highest BCUT2D eigenvalue weighted by molar-refractivity contribution is 7.94. The maximum absolute atomic E-state index is 11.0. The van der Waals surface area contributed by atoms with Gasteiger partial charge in [0.2, 0.25) is 5.79 Å². The molecule has 1 aliphatic rings. The predicted octanol–water partition coefficient (Wildman–Crippen LogP) is 5.04. The zero-order valence-electron chi connectivity index (χ0n) is 18.8. The molecule has 3 rings (SSSR count). The number of fused-ring (bicyclic) bond motifs is 3. The third-order valence-corrected chi connectivity index (χ3v) is 6.87. The van der Waals surface area contributed by atoms with Gasteiger partial charge >= 0.3 is 0 Å². The zero-order valence-corrected chi connectivity index (χ0v) is 20.4. The Morgan fingerprint density at radius 1 is 0.879 bits per heavy atom. The van der Waals surface area contributed by atoms with E-state index in [0.29, 0.717) is 25.2 Å². The van der Waals surface area contributed by atoms with E-state index in [-0.39, 0.29) is 12.4 Å². The Labute approximate surface area is 199 Å². The lowest BCUT2D eigenvalue weighted by molar-refractivity contribution is -0.432. The van der Waals surface area contributed by atoms with Crippen LogP contribution in [0.15, 0.2) is 36.4 Å². The summed E-state index contributed by atoms with van der Waals surface area (Å²) in [5, 5.41) is 11.8. The molecule has 33 heavy (non-hydrogen) atoms.